The Hall–Kier alpha value is -0.780. The molecular formula is C12H9BrO2S2. The van der Waals surface area contributed by atoms with Crippen molar-refractivity contribution in [3.05, 3.63) is 50.6 Å². The van der Waals surface area contributed by atoms with Gasteiger partial charge in [-0.2, -0.15) is 0 Å². The van der Waals surface area contributed by atoms with Gasteiger partial charge in [-0.05, 0) is 41.3 Å². The first-order valence-corrected chi connectivity index (χ1v) is 7.50. The van der Waals surface area contributed by atoms with E-state index in [9.17, 15) is 4.79 Å². The van der Waals surface area contributed by atoms with Crippen molar-refractivity contribution in [1.82, 2.24) is 0 Å². The number of thiophene rings is 1. The highest BCUT2D eigenvalue weighted by atomic mass is 79.9. The second-order valence-electron chi connectivity index (χ2n) is 3.32. The van der Waals surface area contributed by atoms with Gasteiger partial charge in [0.25, 0.3) is 0 Å². The standard InChI is InChI=1S/C12H9BrO2S2/c13-9-1-3-10(4-2-9)17-7-8-5-6-16-11(8)12(14)15/h1-6H,7H2,(H,14,15). The van der Waals surface area contributed by atoms with E-state index >= 15 is 0 Å². The van der Waals surface area contributed by atoms with Crippen LogP contribution in [-0.4, -0.2) is 11.1 Å². The van der Waals surface area contributed by atoms with E-state index in [0.717, 1.165) is 14.9 Å². The fraction of sp³-hybridized carbons (Fsp3) is 0.0833. The highest BCUT2D eigenvalue weighted by Crippen LogP contribution is 2.27. The summed E-state index contributed by atoms with van der Waals surface area (Å²) in [5, 5.41) is 10.8. The van der Waals surface area contributed by atoms with Crippen LogP contribution in [0, 0.1) is 0 Å². The molecule has 1 N–H and O–H groups in total. The fourth-order valence-corrected chi connectivity index (χ4v) is 3.34. The molecule has 17 heavy (non-hydrogen) atoms. The quantitative estimate of drug-likeness (QED) is 0.839. The van der Waals surface area contributed by atoms with Crippen LogP contribution in [0.5, 0.6) is 0 Å². The first-order valence-electron chi connectivity index (χ1n) is 4.85. The van der Waals surface area contributed by atoms with Crippen molar-refractivity contribution in [2.75, 3.05) is 0 Å². The van der Waals surface area contributed by atoms with Crippen molar-refractivity contribution < 1.29 is 9.90 Å². The average molecular weight is 329 g/mol. The number of aromatic carboxylic acids is 1. The molecule has 0 bridgehead atoms. The smallest absolute Gasteiger partial charge is 0.346 e. The predicted octanol–water partition coefficient (Wildman–Crippen LogP) is 4.50. The molecule has 0 fully saturated rings. The third-order valence-electron chi connectivity index (χ3n) is 2.15. The summed E-state index contributed by atoms with van der Waals surface area (Å²) in [6, 6.07) is 9.87. The number of thioether (sulfide) groups is 1. The lowest BCUT2D eigenvalue weighted by Crippen LogP contribution is -1.96. The summed E-state index contributed by atoms with van der Waals surface area (Å²) in [5.74, 6) is -0.154. The molecule has 2 aromatic rings. The molecule has 0 aliphatic heterocycles. The number of halogens is 1. The molecule has 0 saturated heterocycles. The summed E-state index contributed by atoms with van der Waals surface area (Å²) in [6.45, 7) is 0. The number of hydrogen-bond acceptors (Lipinski definition) is 3. The Labute approximate surface area is 116 Å². The van der Waals surface area contributed by atoms with E-state index < -0.39 is 5.97 Å². The minimum Gasteiger partial charge on any atom is -0.477 e. The highest BCUT2D eigenvalue weighted by Gasteiger charge is 2.11. The van der Waals surface area contributed by atoms with Gasteiger partial charge in [0.05, 0.1) is 0 Å². The normalized spacial score (nSPS) is 10.4. The summed E-state index contributed by atoms with van der Waals surface area (Å²) in [6.07, 6.45) is 0. The van der Waals surface area contributed by atoms with Crippen LogP contribution in [0.1, 0.15) is 15.2 Å². The SMILES string of the molecule is O=C(O)c1sccc1CSc1ccc(Br)cc1. The van der Waals surface area contributed by atoms with E-state index in [1.165, 1.54) is 11.3 Å². The van der Waals surface area contributed by atoms with Crippen LogP contribution in [0.15, 0.2) is 45.1 Å². The summed E-state index contributed by atoms with van der Waals surface area (Å²) in [4.78, 5) is 12.5. The van der Waals surface area contributed by atoms with Crippen molar-refractivity contribution in [2.24, 2.45) is 0 Å². The molecule has 0 spiro atoms. The minimum absolute atomic E-state index is 0.439. The zero-order valence-electron chi connectivity index (χ0n) is 8.72. The zero-order chi connectivity index (χ0) is 12.3. The largest absolute Gasteiger partial charge is 0.477 e. The van der Waals surface area contributed by atoms with Crippen LogP contribution in [0.4, 0.5) is 0 Å². The van der Waals surface area contributed by atoms with Gasteiger partial charge >= 0.3 is 5.97 Å². The van der Waals surface area contributed by atoms with E-state index in [4.69, 9.17) is 5.11 Å². The molecule has 0 amide bonds. The number of carboxylic acid groups (broad SMARTS) is 1. The van der Waals surface area contributed by atoms with Gasteiger partial charge in [-0.3, -0.25) is 0 Å². The number of benzene rings is 1. The van der Waals surface area contributed by atoms with Crippen LogP contribution in [-0.2, 0) is 5.75 Å². The molecule has 0 radical (unpaired) electrons. The van der Waals surface area contributed by atoms with Crippen molar-refractivity contribution in [2.45, 2.75) is 10.6 Å². The fourth-order valence-electron chi connectivity index (χ4n) is 1.33. The molecule has 0 aliphatic rings. The maximum atomic E-state index is 10.9. The molecular weight excluding hydrogens is 320 g/mol. The molecule has 5 heteroatoms. The van der Waals surface area contributed by atoms with Crippen LogP contribution < -0.4 is 0 Å². The molecule has 0 saturated carbocycles. The van der Waals surface area contributed by atoms with E-state index in [-0.39, 0.29) is 0 Å². The Morgan fingerprint density at radius 2 is 2.00 bits per heavy atom. The molecule has 2 rings (SSSR count). The molecule has 0 unspecified atom stereocenters. The van der Waals surface area contributed by atoms with Crippen LogP contribution >= 0.6 is 39.0 Å². The topological polar surface area (TPSA) is 37.3 Å². The third-order valence-corrected chi connectivity index (χ3v) is 4.68. The molecule has 1 aromatic carbocycles. The van der Waals surface area contributed by atoms with Gasteiger partial charge in [0.1, 0.15) is 4.88 Å². The predicted molar refractivity (Wildman–Crippen MR) is 75.0 cm³/mol. The first-order chi connectivity index (χ1) is 8.16. The van der Waals surface area contributed by atoms with Gasteiger partial charge in [0.2, 0.25) is 0 Å². The van der Waals surface area contributed by atoms with Gasteiger partial charge in [-0.1, -0.05) is 15.9 Å². The Bertz CT molecular complexity index is 520. The van der Waals surface area contributed by atoms with Crippen molar-refractivity contribution in [3.63, 3.8) is 0 Å². The molecule has 2 nitrogen and oxygen atoms in total. The zero-order valence-corrected chi connectivity index (χ0v) is 11.9. The second kappa shape index (κ2) is 5.71. The number of hydrogen-bond donors (Lipinski definition) is 1. The molecule has 1 aromatic heterocycles. The van der Waals surface area contributed by atoms with E-state index in [0.29, 0.717) is 10.6 Å². The summed E-state index contributed by atoms with van der Waals surface area (Å²) < 4.78 is 1.05. The number of carboxylic acids is 1. The van der Waals surface area contributed by atoms with Gasteiger partial charge in [0.15, 0.2) is 0 Å². The Kier molecular flexibility index (Phi) is 4.25. The number of carbonyl (C=O) groups is 1. The monoisotopic (exact) mass is 328 g/mol. The van der Waals surface area contributed by atoms with Crippen molar-refractivity contribution >= 4 is 45.0 Å². The lowest BCUT2D eigenvalue weighted by Gasteiger charge is -2.01. The van der Waals surface area contributed by atoms with Gasteiger partial charge in [0, 0.05) is 15.1 Å². The molecule has 0 atom stereocenters. The van der Waals surface area contributed by atoms with Gasteiger partial charge in [-0.25, -0.2) is 4.79 Å². The molecule has 1 heterocycles. The Morgan fingerprint density at radius 1 is 1.29 bits per heavy atom. The van der Waals surface area contributed by atoms with Gasteiger partial charge < -0.3 is 5.11 Å². The van der Waals surface area contributed by atoms with E-state index in [1.807, 2.05) is 35.7 Å². The summed E-state index contributed by atoms with van der Waals surface area (Å²) in [7, 11) is 0. The Morgan fingerprint density at radius 3 is 2.65 bits per heavy atom. The van der Waals surface area contributed by atoms with Crippen molar-refractivity contribution in [3.8, 4) is 0 Å². The molecule has 88 valence electrons. The maximum absolute atomic E-state index is 10.9. The maximum Gasteiger partial charge on any atom is 0.346 e. The van der Waals surface area contributed by atoms with Gasteiger partial charge in [-0.15, -0.1) is 23.1 Å². The summed E-state index contributed by atoms with van der Waals surface area (Å²) in [5.41, 5.74) is 0.885. The summed E-state index contributed by atoms with van der Waals surface area (Å²) >= 11 is 6.30. The molecule has 0 aliphatic carbocycles. The lowest BCUT2D eigenvalue weighted by molar-refractivity contribution is 0.0701. The lowest BCUT2D eigenvalue weighted by atomic mass is 10.3. The highest BCUT2D eigenvalue weighted by molar-refractivity contribution is 9.10. The minimum atomic E-state index is -0.841. The Balaban J connectivity index is 2.05. The average Bonchev–Trinajstić information content (AvgIpc) is 2.76. The first kappa shape index (κ1) is 12.7. The van der Waals surface area contributed by atoms with Crippen molar-refractivity contribution in [1.29, 1.82) is 0 Å². The van der Waals surface area contributed by atoms with Crippen LogP contribution in [0.2, 0.25) is 0 Å². The van der Waals surface area contributed by atoms with Crippen LogP contribution in [0.3, 0.4) is 0 Å². The van der Waals surface area contributed by atoms with Crippen LogP contribution in [0.25, 0.3) is 0 Å². The number of rotatable bonds is 4. The van der Waals surface area contributed by atoms with E-state index in [1.54, 1.807) is 11.8 Å². The second-order valence-corrected chi connectivity index (χ2v) is 6.20. The van der Waals surface area contributed by atoms with E-state index in [2.05, 4.69) is 15.9 Å². The third kappa shape index (κ3) is 3.34.